The number of esters is 1. The highest BCUT2D eigenvalue weighted by molar-refractivity contribution is 6.06. The summed E-state index contributed by atoms with van der Waals surface area (Å²) in [7, 11) is 1.52. The van der Waals surface area contributed by atoms with E-state index in [4.69, 9.17) is 9.47 Å². The molecule has 162 valence electrons. The number of hydrogen-bond donors (Lipinski definition) is 2. The van der Waals surface area contributed by atoms with Crippen LogP contribution >= 0.6 is 0 Å². The zero-order valence-electron chi connectivity index (χ0n) is 17.7. The van der Waals surface area contributed by atoms with Gasteiger partial charge in [-0.1, -0.05) is 6.07 Å². The Bertz CT molecular complexity index is 1050. The summed E-state index contributed by atoms with van der Waals surface area (Å²) in [5.74, 6) is -0.652. The normalized spacial score (nSPS) is 17.8. The van der Waals surface area contributed by atoms with Crippen LogP contribution in [0, 0.1) is 6.92 Å². The van der Waals surface area contributed by atoms with E-state index in [0.29, 0.717) is 17.1 Å². The van der Waals surface area contributed by atoms with E-state index in [9.17, 15) is 14.4 Å². The van der Waals surface area contributed by atoms with E-state index in [0.717, 1.165) is 30.6 Å². The van der Waals surface area contributed by atoms with E-state index in [-0.39, 0.29) is 17.5 Å². The van der Waals surface area contributed by atoms with Gasteiger partial charge in [0.2, 0.25) is 5.91 Å². The van der Waals surface area contributed by atoms with E-state index in [1.54, 1.807) is 24.3 Å². The summed E-state index contributed by atoms with van der Waals surface area (Å²) in [4.78, 5) is 39.6. The minimum Gasteiger partial charge on any atom is -0.495 e. The molecule has 2 aliphatic heterocycles. The zero-order valence-corrected chi connectivity index (χ0v) is 17.7. The number of anilines is 3. The van der Waals surface area contributed by atoms with Gasteiger partial charge in [0.05, 0.1) is 29.7 Å². The summed E-state index contributed by atoms with van der Waals surface area (Å²) in [5.41, 5.74) is 3.21. The minimum absolute atomic E-state index is 0.0598. The van der Waals surface area contributed by atoms with E-state index in [2.05, 4.69) is 15.5 Å². The first-order valence-electron chi connectivity index (χ1n) is 10.3. The molecule has 1 fully saturated rings. The van der Waals surface area contributed by atoms with Crippen molar-refractivity contribution in [2.45, 2.75) is 38.8 Å². The fraction of sp³-hybridized carbons (Fsp3) is 0.348. The summed E-state index contributed by atoms with van der Waals surface area (Å²) in [5, 5.41) is 5.61. The minimum atomic E-state index is -1.02. The number of carbonyl (C=O) groups is 3. The second-order valence-electron chi connectivity index (χ2n) is 7.81. The molecule has 0 unspecified atom stereocenters. The van der Waals surface area contributed by atoms with Crippen molar-refractivity contribution in [2.24, 2.45) is 0 Å². The van der Waals surface area contributed by atoms with Crippen molar-refractivity contribution in [1.29, 1.82) is 0 Å². The lowest BCUT2D eigenvalue weighted by molar-refractivity contribution is -0.123. The van der Waals surface area contributed by atoms with Crippen LogP contribution in [0.5, 0.6) is 5.75 Å². The first-order valence-corrected chi connectivity index (χ1v) is 10.3. The summed E-state index contributed by atoms with van der Waals surface area (Å²) in [6, 6.07) is 10.3. The fourth-order valence-corrected chi connectivity index (χ4v) is 3.99. The number of carbonyl (C=O) groups excluding carboxylic acids is 3. The maximum Gasteiger partial charge on any atom is 0.338 e. The van der Waals surface area contributed by atoms with Crippen LogP contribution in [-0.2, 0) is 14.3 Å². The summed E-state index contributed by atoms with van der Waals surface area (Å²) < 4.78 is 10.6. The highest BCUT2D eigenvalue weighted by Crippen LogP contribution is 2.37. The number of rotatable bonds is 5. The number of nitrogens with zero attached hydrogens (tertiary/aromatic N) is 1. The van der Waals surface area contributed by atoms with Crippen LogP contribution in [-0.4, -0.2) is 43.6 Å². The molecule has 8 nitrogen and oxygen atoms in total. The summed E-state index contributed by atoms with van der Waals surface area (Å²) >= 11 is 0. The Kier molecular flexibility index (Phi) is 5.54. The van der Waals surface area contributed by atoms with E-state index >= 15 is 0 Å². The third kappa shape index (κ3) is 4.05. The molecule has 2 aliphatic rings. The van der Waals surface area contributed by atoms with Crippen LogP contribution in [0.3, 0.4) is 0 Å². The highest BCUT2D eigenvalue weighted by Gasteiger charge is 2.36. The Labute approximate surface area is 180 Å². The van der Waals surface area contributed by atoms with Gasteiger partial charge in [-0.2, -0.15) is 0 Å². The first-order chi connectivity index (χ1) is 14.9. The lowest BCUT2D eigenvalue weighted by Gasteiger charge is -2.33. The number of nitrogens with one attached hydrogen (secondary N) is 2. The molecule has 2 aromatic rings. The molecule has 31 heavy (non-hydrogen) atoms. The Morgan fingerprint density at radius 1 is 1.23 bits per heavy atom. The van der Waals surface area contributed by atoms with Crippen LogP contribution in [0.2, 0.25) is 0 Å². The average molecular weight is 423 g/mol. The molecule has 0 spiro atoms. The number of hydrogen-bond acceptors (Lipinski definition) is 6. The van der Waals surface area contributed by atoms with Gasteiger partial charge in [0.15, 0.2) is 6.10 Å². The molecular weight excluding hydrogens is 398 g/mol. The third-order valence-corrected chi connectivity index (χ3v) is 5.62. The van der Waals surface area contributed by atoms with E-state index < -0.39 is 18.0 Å². The molecule has 0 saturated carbocycles. The van der Waals surface area contributed by atoms with Crippen LogP contribution in [0.25, 0.3) is 0 Å². The molecule has 0 bridgehead atoms. The number of methoxy groups -OCH3 is 1. The van der Waals surface area contributed by atoms with Gasteiger partial charge in [-0.3, -0.25) is 9.59 Å². The summed E-state index contributed by atoms with van der Waals surface area (Å²) in [6.45, 7) is 4.22. The van der Waals surface area contributed by atoms with E-state index in [1.807, 2.05) is 19.1 Å². The Morgan fingerprint density at radius 3 is 2.81 bits per heavy atom. The van der Waals surface area contributed by atoms with Crippen molar-refractivity contribution in [3.63, 3.8) is 0 Å². The predicted octanol–water partition coefficient (Wildman–Crippen LogP) is 3.11. The molecule has 0 aromatic heterocycles. The number of amides is 2. The molecule has 2 atom stereocenters. The second-order valence-corrected chi connectivity index (χ2v) is 7.81. The number of aryl methyl sites for hydroxylation is 1. The molecule has 0 aliphatic carbocycles. The van der Waals surface area contributed by atoms with E-state index in [1.165, 1.54) is 14.0 Å². The average Bonchev–Trinajstić information content (AvgIpc) is 3.24. The maximum absolute atomic E-state index is 12.6. The topological polar surface area (TPSA) is 97.0 Å². The lowest BCUT2D eigenvalue weighted by Crippen LogP contribution is -2.43. The van der Waals surface area contributed by atoms with Crippen LogP contribution in [0.1, 0.15) is 35.7 Å². The number of fused-ring (bicyclic) bond motifs is 3. The van der Waals surface area contributed by atoms with Gasteiger partial charge in [-0.05, 0) is 62.6 Å². The zero-order chi connectivity index (χ0) is 22.1. The van der Waals surface area contributed by atoms with Crippen molar-refractivity contribution in [3.05, 3.63) is 47.5 Å². The van der Waals surface area contributed by atoms with Crippen molar-refractivity contribution in [2.75, 3.05) is 29.2 Å². The second kappa shape index (κ2) is 8.29. The molecule has 8 heteroatoms. The first kappa shape index (κ1) is 20.7. The lowest BCUT2D eigenvalue weighted by atomic mass is 10.1. The molecule has 2 heterocycles. The quantitative estimate of drug-likeness (QED) is 0.718. The van der Waals surface area contributed by atoms with Gasteiger partial charge in [0.25, 0.3) is 5.91 Å². The smallest absolute Gasteiger partial charge is 0.338 e. The van der Waals surface area contributed by atoms with Crippen molar-refractivity contribution >= 4 is 34.8 Å². The standard InChI is InChI=1S/C23H25N3O5/c1-13-6-9-20(30-3)17(11-13)25-21(27)14(2)31-23(29)15-7-8-18-16(12-15)24-22(28)19-5-4-10-26(18)19/h6-9,11-12,14,19H,4-5,10H2,1-3H3,(H,24,28)(H,25,27)/t14-,19-/m0/s1. The van der Waals surface area contributed by atoms with Gasteiger partial charge in [-0.15, -0.1) is 0 Å². The molecule has 4 rings (SSSR count). The maximum atomic E-state index is 12.6. The SMILES string of the molecule is COc1ccc(C)cc1NC(=O)[C@H](C)OC(=O)c1ccc2c(c1)NC(=O)[C@@H]1CCCN21. The predicted molar refractivity (Wildman–Crippen MR) is 117 cm³/mol. The Balaban J connectivity index is 1.45. The van der Waals surface area contributed by atoms with Crippen LogP contribution < -0.4 is 20.3 Å². The molecule has 2 aromatic carbocycles. The number of benzene rings is 2. The number of ether oxygens (including phenoxy) is 2. The monoisotopic (exact) mass is 423 g/mol. The largest absolute Gasteiger partial charge is 0.495 e. The van der Waals surface area contributed by atoms with Gasteiger partial charge < -0.3 is 25.0 Å². The van der Waals surface area contributed by atoms with Gasteiger partial charge in [0, 0.05) is 6.54 Å². The Hall–Kier alpha value is -3.55. The van der Waals surface area contributed by atoms with Gasteiger partial charge in [0.1, 0.15) is 11.8 Å². The van der Waals surface area contributed by atoms with Gasteiger partial charge >= 0.3 is 5.97 Å². The van der Waals surface area contributed by atoms with Gasteiger partial charge in [-0.25, -0.2) is 4.79 Å². The third-order valence-electron chi connectivity index (χ3n) is 5.62. The highest BCUT2D eigenvalue weighted by atomic mass is 16.5. The van der Waals surface area contributed by atoms with Crippen molar-refractivity contribution < 1.29 is 23.9 Å². The molecular formula is C23H25N3O5. The van der Waals surface area contributed by atoms with Crippen LogP contribution in [0.4, 0.5) is 17.1 Å². The molecule has 0 radical (unpaired) electrons. The molecule has 2 amide bonds. The van der Waals surface area contributed by atoms with Crippen LogP contribution in [0.15, 0.2) is 36.4 Å². The molecule has 1 saturated heterocycles. The fourth-order valence-electron chi connectivity index (χ4n) is 3.99. The Morgan fingerprint density at radius 2 is 2.03 bits per heavy atom. The summed E-state index contributed by atoms with van der Waals surface area (Å²) in [6.07, 6.45) is 0.763. The van der Waals surface area contributed by atoms with Crippen molar-refractivity contribution in [3.8, 4) is 5.75 Å². The van der Waals surface area contributed by atoms with Crippen molar-refractivity contribution in [1.82, 2.24) is 0 Å². The molecule has 2 N–H and O–H groups in total.